The molecule has 2 aromatic heterocycles. The minimum Gasteiger partial charge on any atom is -0.296 e. The van der Waals surface area contributed by atoms with Gasteiger partial charge in [0, 0.05) is 17.2 Å². The second-order valence-corrected chi connectivity index (χ2v) is 5.06. The van der Waals surface area contributed by atoms with Crippen LogP contribution in [0.15, 0.2) is 52.5 Å². The van der Waals surface area contributed by atoms with Crippen LogP contribution in [-0.2, 0) is 0 Å². The van der Waals surface area contributed by atoms with Gasteiger partial charge in [-0.25, -0.2) is 13.8 Å². The highest BCUT2D eigenvalue weighted by molar-refractivity contribution is 7.99. The van der Waals surface area contributed by atoms with E-state index in [0.29, 0.717) is 22.7 Å². The maximum absolute atomic E-state index is 13.6. The first kappa shape index (κ1) is 12.8. The van der Waals surface area contributed by atoms with E-state index in [4.69, 9.17) is 0 Å². The average molecular weight is 290 g/mol. The third-order valence-electron chi connectivity index (χ3n) is 2.75. The third-order valence-corrected chi connectivity index (χ3v) is 3.79. The highest BCUT2D eigenvalue weighted by atomic mass is 32.2. The van der Waals surface area contributed by atoms with Crippen LogP contribution in [0.3, 0.4) is 0 Å². The Morgan fingerprint density at radius 1 is 1.20 bits per heavy atom. The van der Waals surface area contributed by atoms with Crippen molar-refractivity contribution in [3.8, 4) is 0 Å². The molecule has 0 saturated carbocycles. The fourth-order valence-corrected chi connectivity index (χ4v) is 2.73. The van der Waals surface area contributed by atoms with Gasteiger partial charge in [-0.05, 0) is 24.3 Å². The van der Waals surface area contributed by atoms with Crippen LogP contribution in [0.25, 0.3) is 5.65 Å². The van der Waals surface area contributed by atoms with Gasteiger partial charge in [0.1, 0.15) is 28.0 Å². The summed E-state index contributed by atoms with van der Waals surface area (Å²) in [4.78, 5) is 15.7. The number of carbonyl (C=O) groups excluding carboxylic acids is 1. The van der Waals surface area contributed by atoms with Gasteiger partial charge in [-0.2, -0.15) is 0 Å². The molecular weight excluding hydrogens is 282 g/mol. The third kappa shape index (κ3) is 2.18. The van der Waals surface area contributed by atoms with Crippen molar-refractivity contribution in [1.29, 1.82) is 0 Å². The molecule has 1 aromatic carbocycles. The Labute approximate surface area is 117 Å². The van der Waals surface area contributed by atoms with Crippen molar-refractivity contribution in [2.75, 3.05) is 0 Å². The van der Waals surface area contributed by atoms with Gasteiger partial charge in [-0.3, -0.25) is 9.20 Å². The summed E-state index contributed by atoms with van der Waals surface area (Å²) in [5, 5.41) is 0.386. The Morgan fingerprint density at radius 2 is 2.05 bits per heavy atom. The van der Waals surface area contributed by atoms with Gasteiger partial charge in [0.2, 0.25) is 0 Å². The van der Waals surface area contributed by atoms with Crippen molar-refractivity contribution in [3.63, 3.8) is 0 Å². The highest BCUT2D eigenvalue weighted by Crippen LogP contribution is 2.31. The first-order valence-electron chi connectivity index (χ1n) is 5.74. The van der Waals surface area contributed by atoms with Crippen LogP contribution in [0.4, 0.5) is 8.78 Å². The summed E-state index contributed by atoms with van der Waals surface area (Å²) in [6.45, 7) is 0. The van der Waals surface area contributed by atoms with Crippen LogP contribution in [-0.4, -0.2) is 15.7 Å². The van der Waals surface area contributed by atoms with Crippen molar-refractivity contribution in [2.24, 2.45) is 0 Å². The van der Waals surface area contributed by atoms with E-state index in [-0.39, 0.29) is 4.90 Å². The molecule has 0 bridgehead atoms. The molecule has 0 aliphatic rings. The van der Waals surface area contributed by atoms with Crippen LogP contribution >= 0.6 is 11.8 Å². The van der Waals surface area contributed by atoms with Gasteiger partial charge in [0.15, 0.2) is 6.29 Å². The largest absolute Gasteiger partial charge is 0.296 e. The van der Waals surface area contributed by atoms with Gasteiger partial charge < -0.3 is 0 Å². The zero-order valence-corrected chi connectivity index (χ0v) is 10.9. The molecule has 0 saturated heterocycles. The van der Waals surface area contributed by atoms with Gasteiger partial charge in [0.05, 0.1) is 0 Å². The molecular formula is C14H8F2N2OS. The van der Waals surface area contributed by atoms with Gasteiger partial charge >= 0.3 is 0 Å². The number of halogens is 2. The molecule has 0 atom stereocenters. The zero-order chi connectivity index (χ0) is 14.1. The van der Waals surface area contributed by atoms with E-state index in [1.54, 1.807) is 28.8 Å². The summed E-state index contributed by atoms with van der Waals surface area (Å²) < 4.78 is 28.1. The summed E-state index contributed by atoms with van der Waals surface area (Å²) in [5.41, 5.74) is 0.939. The lowest BCUT2D eigenvalue weighted by molar-refractivity contribution is 0.111. The molecule has 6 heteroatoms. The molecule has 0 aliphatic carbocycles. The molecule has 100 valence electrons. The maximum Gasteiger partial charge on any atom is 0.169 e. The molecule has 20 heavy (non-hydrogen) atoms. The van der Waals surface area contributed by atoms with Gasteiger partial charge in [0.25, 0.3) is 0 Å². The summed E-state index contributed by atoms with van der Waals surface area (Å²) in [5.74, 6) is -1.32. The van der Waals surface area contributed by atoms with E-state index in [9.17, 15) is 13.6 Å². The van der Waals surface area contributed by atoms with E-state index in [2.05, 4.69) is 4.98 Å². The number of aldehydes is 1. The Kier molecular flexibility index (Phi) is 3.23. The van der Waals surface area contributed by atoms with E-state index in [0.717, 1.165) is 17.8 Å². The predicted octanol–water partition coefficient (Wildman–Crippen LogP) is 3.58. The Balaban J connectivity index is 2.08. The number of hydrogen-bond donors (Lipinski definition) is 0. The lowest BCUT2D eigenvalue weighted by Crippen LogP contribution is -1.91. The highest BCUT2D eigenvalue weighted by Gasteiger charge is 2.14. The summed E-state index contributed by atoms with van der Waals surface area (Å²) >= 11 is 0.995. The SMILES string of the molecule is O=Cc1c(Sc2ccc(F)cc2F)nc2ccccn12. The Morgan fingerprint density at radius 3 is 2.80 bits per heavy atom. The van der Waals surface area contributed by atoms with E-state index >= 15 is 0 Å². The van der Waals surface area contributed by atoms with Crippen molar-refractivity contribution in [3.05, 3.63) is 59.9 Å². The monoisotopic (exact) mass is 290 g/mol. The number of rotatable bonds is 3. The summed E-state index contributed by atoms with van der Waals surface area (Å²) in [6, 6.07) is 8.62. The number of hydrogen-bond acceptors (Lipinski definition) is 3. The number of nitrogens with zero attached hydrogens (tertiary/aromatic N) is 2. The van der Waals surface area contributed by atoms with Gasteiger partial charge in [-0.1, -0.05) is 17.8 Å². The smallest absolute Gasteiger partial charge is 0.169 e. The van der Waals surface area contributed by atoms with E-state index in [1.807, 2.05) is 0 Å². The molecule has 0 aliphatic heterocycles. The van der Waals surface area contributed by atoms with Gasteiger partial charge in [-0.15, -0.1) is 0 Å². The summed E-state index contributed by atoms with van der Waals surface area (Å²) in [6.07, 6.45) is 2.38. The molecule has 0 radical (unpaired) electrons. The van der Waals surface area contributed by atoms with Crippen molar-refractivity contribution in [1.82, 2.24) is 9.38 Å². The standard InChI is InChI=1S/C14H8F2N2OS/c15-9-4-5-12(10(16)7-9)20-14-11(8-19)18-6-2-1-3-13(18)17-14/h1-8H. The number of aromatic nitrogens is 2. The molecule has 0 amide bonds. The lowest BCUT2D eigenvalue weighted by atomic mass is 10.3. The summed E-state index contributed by atoms with van der Waals surface area (Å²) in [7, 11) is 0. The van der Waals surface area contributed by atoms with Crippen molar-refractivity contribution >= 4 is 23.7 Å². The van der Waals surface area contributed by atoms with Crippen LogP contribution in [0.5, 0.6) is 0 Å². The quantitative estimate of drug-likeness (QED) is 0.691. The van der Waals surface area contributed by atoms with Crippen LogP contribution < -0.4 is 0 Å². The number of imidazole rings is 1. The second-order valence-electron chi connectivity index (χ2n) is 4.03. The minimum absolute atomic E-state index is 0.220. The Hall–Kier alpha value is -2.21. The molecule has 0 N–H and O–H groups in total. The first-order valence-corrected chi connectivity index (χ1v) is 6.56. The molecule has 0 fully saturated rings. The predicted molar refractivity (Wildman–Crippen MR) is 71.1 cm³/mol. The van der Waals surface area contributed by atoms with E-state index < -0.39 is 11.6 Å². The number of carbonyl (C=O) groups is 1. The fraction of sp³-hybridized carbons (Fsp3) is 0. The average Bonchev–Trinajstić information content (AvgIpc) is 2.79. The topological polar surface area (TPSA) is 34.4 Å². The van der Waals surface area contributed by atoms with Crippen molar-refractivity contribution in [2.45, 2.75) is 9.92 Å². The number of fused-ring (bicyclic) bond motifs is 1. The van der Waals surface area contributed by atoms with Crippen LogP contribution in [0, 0.1) is 11.6 Å². The molecule has 0 spiro atoms. The maximum atomic E-state index is 13.6. The Bertz CT molecular complexity index is 801. The molecule has 3 aromatic rings. The normalized spacial score (nSPS) is 10.9. The molecule has 2 heterocycles. The lowest BCUT2D eigenvalue weighted by Gasteiger charge is -2.01. The van der Waals surface area contributed by atoms with Crippen molar-refractivity contribution < 1.29 is 13.6 Å². The zero-order valence-electron chi connectivity index (χ0n) is 10.1. The number of benzene rings is 1. The van der Waals surface area contributed by atoms with Crippen LogP contribution in [0.1, 0.15) is 10.5 Å². The fourth-order valence-electron chi connectivity index (χ4n) is 1.84. The van der Waals surface area contributed by atoms with Crippen LogP contribution in [0.2, 0.25) is 0 Å². The molecule has 0 unspecified atom stereocenters. The molecule has 3 nitrogen and oxygen atoms in total. The van der Waals surface area contributed by atoms with E-state index in [1.165, 1.54) is 12.1 Å². The first-order chi connectivity index (χ1) is 9.69. The second kappa shape index (κ2) is 5.05. The minimum atomic E-state index is -0.677. The molecule has 3 rings (SSSR count). The number of pyridine rings is 1.